The molecule has 1 heterocycles. The van der Waals surface area contributed by atoms with E-state index in [0.717, 1.165) is 5.92 Å². The van der Waals surface area contributed by atoms with Gasteiger partial charge in [-0.25, -0.2) is 0 Å². The van der Waals surface area contributed by atoms with Gasteiger partial charge in [0, 0.05) is 18.5 Å². The summed E-state index contributed by atoms with van der Waals surface area (Å²) in [7, 11) is 0. The number of likely N-dealkylation sites (tertiary alicyclic amines) is 1. The van der Waals surface area contributed by atoms with E-state index in [1.54, 1.807) is 0 Å². The molecular formula is C14H18Cl3N. The molecule has 1 aromatic carbocycles. The van der Waals surface area contributed by atoms with Crippen LogP contribution in [0.3, 0.4) is 0 Å². The Hall–Kier alpha value is 0.0500. The quantitative estimate of drug-likeness (QED) is 0.800. The highest BCUT2D eigenvalue weighted by atomic mass is 35.5. The summed E-state index contributed by atoms with van der Waals surface area (Å²) in [6, 6.07) is 6.16. The SMILES string of the molecule is CCCN1C[C@H]2C[C@]2(c2ccc(Cl)c(Cl)c2)C1.Cl. The first kappa shape index (κ1) is 14.5. The molecule has 0 aromatic heterocycles. The van der Waals surface area contributed by atoms with Crippen LogP contribution < -0.4 is 0 Å². The van der Waals surface area contributed by atoms with Crippen LogP contribution in [0.2, 0.25) is 10.0 Å². The van der Waals surface area contributed by atoms with Gasteiger partial charge >= 0.3 is 0 Å². The Kier molecular flexibility index (Phi) is 4.18. The Morgan fingerprint density at radius 1 is 1.33 bits per heavy atom. The molecule has 0 bridgehead atoms. The second kappa shape index (κ2) is 5.20. The molecule has 1 saturated carbocycles. The van der Waals surface area contributed by atoms with Crippen LogP contribution in [-0.4, -0.2) is 24.5 Å². The molecule has 0 amide bonds. The first-order valence-corrected chi connectivity index (χ1v) is 7.09. The van der Waals surface area contributed by atoms with E-state index in [9.17, 15) is 0 Å². The smallest absolute Gasteiger partial charge is 0.0595 e. The summed E-state index contributed by atoms with van der Waals surface area (Å²) < 4.78 is 0. The molecule has 100 valence electrons. The van der Waals surface area contributed by atoms with Crippen molar-refractivity contribution >= 4 is 35.6 Å². The minimum Gasteiger partial charge on any atom is -0.302 e. The average Bonchev–Trinajstić information content (AvgIpc) is 2.87. The van der Waals surface area contributed by atoms with Crippen molar-refractivity contribution in [1.82, 2.24) is 4.90 Å². The van der Waals surface area contributed by atoms with E-state index in [1.807, 2.05) is 6.07 Å². The average molecular weight is 307 g/mol. The van der Waals surface area contributed by atoms with Crippen molar-refractivity contribution in [3.8, 4) is 0 Å². The number of rotatable bonds is 3. The van der Waals surface area contributed by atoms with E-state index in [2.05, 4.69) is 24.0 Å². The third-order valence-corrected chi connectivity index (χ3v) is 4.99. The maximum atomic E-state index is 6.12. The minimum atomic E-state index is 0. The van der Waals surface area contributed by atoms with Gasteiger partial charge in [0.2, 0.25) is 0 Å². The van der Waals surface area contributed by atoms with E-state index < -0.39 is 0 Å². The number of halogens is 3. The lowest BCUT2D eigenvalue weighted by molar-refractivity contribution is 0.299. The lowest BCUT2D eigenvalue weighted by Crippen LogP contribution is -2.27. The lowest BCUT2D eigenvalue weighted by atomic mass is 9.95. The van der Waals surface area contributed by atoms with E-state index >= 15 is 0 Å². The predicted molar refractivity (Wildman–Crippen MR) is 80.2 cm³/mol. The van der Waals surface area contributed by atoms with Crippen LogP contribution in [-0.2, 0) is 5.41 Å². The highest BCUT2D eigenvalue weighted by Gasteiger charge is 2.60. The van der Waals surface area contributed by atoms with Crippen LogP contribution >= 0.6 is 35.6 Å². The van der Waals surface area contributed by atoms with Gasteiger partial charge in [-0.3, -0.25) is 0 Å². The second-order valence-electron chi connectivity index (χ2n) is 5.42. The zero-order valence-corrected chi connectivity index (χ0v) is 12.8. The Morgan fingerprint density at radius 3 is 2.78 bits per heavy atom. The lowest BCUT2D eigenvalue weighted by Gasteiger charge is -2.20. The maximum Gasteiger partial charge on any atom is 0.0595 e. The van der Waals surface area contributed by atoms with Crippen molar-refractivity contribution in [2.24, 2.45) is 5.92 Å². The largest absolute Gasteiger partial charge is 0.302 e. The predicted octanol–water partition coefficient (Wildman–Crippen LogP) is 4.40. The van der Waals surface area contributed by atoms with Crippen molar-refractivity contribution in [2.45, 2.75) is 25.2 Å². The van der Waals surface area contributed by atoms with Crippen molar-refractivity contribution in [2.75, 3.05) is 19.6 Å². The van der Waals surface area contributed by atoms with Gasteiger partial charge in [-0.15, -0.1) is 12.4 Å². The molecular weight excluding hydrogens is 289 g/mol. The van der Waals surface area contributed by atoms with Gasteiger partial charge in [-0.2, -0.15) is 0 Å². The van der Waals surface area contributed by atoms with Crippen LogP contribution in [0.5, 0.6) is 0 Å². The molecule has 2 fully saturated rings. The molecule has 1 aliphatic carbocycles. The summed E-state index contributed by atoms with van der Waals surface area (Å²) in [5, 5.41) is 1.35. The van der Waals surface area contributed by atoms with Crippen LogP contribution in [0.25, 0.3) is 0 Å². The summed E-state index contributed by atoms with van der Waals surface area (Å²) in [5.41, 5.74) is 1.78. The first-order chi connectivity index (χ1) is 8.15. The molecule has 4 heteroatoms. The fourth-order valence-electron chi connectivity index (χ4n) is 3.33. The topological polar surface area (TPSA) is 3.24 Å². The van der Waals surface area contributed by atoms with Crippen LogP contribution in [0.4, 0.5) is 0 Å². The van der Waals surface area contributed by atoms with E-state index in [-0.39, 0.29) is 12.4 Å². The molecule has 1 saturated heterocycles. The molecule has 3 rings (SSSR count). The Bertz CT molecular complexity index is 449. The van der Waals surface area contributed by atoms with Gasteiger partial charge in [-0.05, 0) is 43.0 Å². The number of hydrogen-bond acceptors (Lipinski definition) is 1. The van der Waals surface area contributed by atoms with E-state index in [0.29, 0.717) is 15.5 Å². The molecule has 0 spiro atoms. The standard InChI is InChI=1S/C14H17Cl2N.ClH/c1-2-5-17-8-11-7-14(11,9-17)10-3-4-12(15)13(16)6-10;/h3-4,6,11H,2,5,7-9H2,1H3;1H/t11-,14-;/m1./s1. The van der Waals surface area contributed by atoms with Gasteiger partial charge in [-0.1, -0.05) is 36.2 Å². The zero-order valence-electron chi connectivity index (χ0n) is 10.5. The second-order valence-corrected chi connectivity index (χ2v) is 6.24. The summed E-state index contributed by atoms with van der Waals surface area (Å²) >= 11 is 12.1. The van der Waals surface area contributed by atoms with Gasteiger partial charge in [0.1, 0.15) is 0 Å². The third kappa shape index (κ3) is 2.27. The minimum absolute atomic E-state index is 0. The fraction of sp³-hybridized carbons (Fsp3) is 0.571. The third-order valence-electron chi connectivity index (χ3n) is 4.25. The van der Waals surface area contributed by atoms with E-state index in [1.165, 1.54) is 38.0 Å². The van der Waals surface area contributed by atoms with Crippen LogP contribution in [0, 0.1) is 5.92 Å². The van der Waals surface area contributed by atoms with Crippen molar-refractivity contribution < 1.29 is 0 Å². The molecule has 1 aliphatic heterocycles. The zero-order chi connectivity index (χ0) is 12.0. The fourth-order valence-corrected chi connectivity index (χ4v) is 3.62. The van der Waals surface area contributed by atoms with Crippen molar-refractivity contribution in [3.63, 3.8) is 0 Å². The van der Waals surface area contributed by atoms with Crippen LogP contribution in [0.15, 0.2) is 18.2 Å². The molecule has 2 aliphatic rings. The number of piperidine rings is 1. The number of benzene rings is 1. The summed E-state index contributed by atoms with van der Waals surface area (Å²) in [4.78, 5) is 2.58. The number of nitrogens with zero attached hydrogens (tertiary/aromatic N) is 1. The van der Waals surface area contributed by atoms with Gasteiger partial charge in [0.25, 0.3) is 0 Å². The summed E-state index contributed by atoms with van der Waals surface area (Å²) in [6.45, 7) is 5.92. The van der Waals surface area contributed by atoms with Gasteiger partial charge < -0.3 is 4.90 Å². The number of hydrogen-bond donors (Lipinski definition) is 0. The normalized spacial score (nSPS) is 29.8. The molecule has 1 nitrogen and oxygen atoms in total. The molecule has 0 unspecified atom stereocenters. The molecule has 1 aromatic rings. The first-order valence-electron chi connectivity index (χ1n) is 6.33. The maximum absolute atomic E-state index is 6.12. The Labute approximate surface area is 125 Å². The monoisotopic (exact) mass is 305 g/mol. The Balaban J connectivity index is 0.00000120. The Morgan fingerprint density at radius 2 is 2.11 bits per heavy atom. The van der Waals surface area contributed by atoms with Crippen molar-refractivity contribution in [3.05, 3.63) is 33.8 Å². The molecule has 2 atom stereocenters. The van der Waals surface area contributed by atoms with Crippen LogP contribution in [0.1, 0.15) is 25.3 Å². The summed E-state index contributed by atoms with van der Waals surface area (Å²) in [6.07, 6.45) is 2.56. The molecule has 18 heavy (non-hydrogen) atoms. The summed E-state index contributed by atoms with van der Waals surface area (Å²) in [5.74, 6) is 0.839. The number of fused-ring (bicyclic) bond motifs is 1. The van der Waals surface area contributed by atoms with Crippen molar-refractivity contribution in [1.29, 1.82) is 0 Å². The molecule has 0 N–H and O–H groups in total. The van der Waals surface area contributed by atoms with E-state index in [4.69, 9.17) is 23.2 Å². The highest BCUT2D eigenvalue weighted by Crippen LogP contribution is 2.59. The van der Waals surface area contributed by atoms with Gasteiger partial charge in [0.05, 0.1) is 10.0 Å². The highest BCUT2D eigenvalue weighted by molar-refractivity contribution is 6.42. The molecule has 0 radical (unpaired) electrons. The van der Waals surface area contributed by atoms with Gasteiger partial charge in [0.15, 0.2) is 0 Å².